The molecule has 162 valence electrons. The summed E-state index contributed by atoms with van der Waals surface area (Å²) in [5.41, 5.74) is 2.40. The molecule has 0 aliphatic heterocycles. The van der Waals surface area contributed by atoms with Gasteiger partial charge in [-0.3, -0.25) is 14.3 Å². The third-order valence-electron chi connectivity index (χ3n) is 5.07. The summed E-state index contributed by atoms with van der Waals surface area (Å²) >= 11 is 0. The number of nitrogens with one attached hydrogen (secondary N) is 1. The van der Waals surface area contributed by atoms with Gasteiger partial charge < -0.3 is 15.2 Å². The highest BCUT2D eigenvalue weighted by Crippen LogP contribution is 2.25. The Balaban J connectivity index is 1.48. The molecular formula is C25H23N3O4. The zero-order valence-electron chi connectivity index (χ0n) is 17.4. The maximum Gasteiger partial charge on any atom is 0.303 e. The van der Waals surface area contributed by atoms with Crippen molar-refractivity contribution in [3.63, 3.8) is 0 Å². The maximum atomic E-state index is 12.6. The average Bonchev–Trinajstić information content (AvgIpc) is 3.30. The predicted octanol–water partition coefficient (Wildman–Crippen LogP) is 4.12. The van der Waals surface area contributed by atoms with E-state index >= 15 is 0 Å². The number of fused-ring (bicyclic) bond motifs is 1. The number of amides is 1. The molecule has 0 unspecified atom stereocenters. The normalized spacial score (nSPS) is 10.8. The number of anilines is 1. The van der Waals surface area contributed by atoms with Crippen molar-refractivity contribution in [2.24, 2.45) is 0 Å². The second-order valence-corrected chi connectivity index (χ2v) is 7.40. The lowest BCUT2D eigenvalue weighted by Crippen LogP contribution is -2.21. The number of ether oxygens (including phenoxy) is 1. The van der Waals surface area contributed by atoms with Crippen LogP contribution in [0, 0.1) is 0 Å². The van der Waals surface area contributed by atoms with Gasteiger partial charge in [0.2, 0.25) is 0 Å². The van der Waals surface area contributed by atoms with E-state index in [1.807, 2.05) is 72.9 Å². The first kappa shape index (κ1) is 21.1. The fraction of sp³-hybridized carbons (Fsp3) is 0.160. The summed E-state index contributed by atoms with van der Waals surface area (Å²) in [6.07, 6.45) is 3.86. The second kappa shape index (κ2) is 9.78. The van der Waals surface area contributed by atoms with Crippen LogP contribution in [-0.4, -0.2) is 33.4 Å². The van der Waals surface area contributed by atoms with E-state index in [2.05, 4.69) is 10.4 Å². The van der Waals surface area contributed by atoms with Crippen molar-refractivity contribution >= 4 is 28.3 Å². The van der Waals surface area contributed by atoms with E-state index in [9.17, 15) is 9.59 Å². The van der Waals surface area contributed by atoms with Gasteiger partial charge in [0, 0.05) is 29.9 Å². The summed E-state index contributed by atoms with van der Waals surface area (Å²) in [7, 11) is 0. The van der Waals surface area contributed by atoms with E-state index in [0.717, 1.165) is 27.6 Å². The van der Waals surface area contributed by atoms with Gasteiger partial charge in [-0.05, 0) is 41.1 Å². The molecule has 0 atom stereocenters. The summed E-state index contributed by atoms with van der Waals surface area (Å²) < 4.78 is 7.62. The monoisotopic (exact) mass is 429 g/mol. The quantitative estimate of drug-likeness (QED) is 0.417. The van der Waals surface area contributed by atoms with Crippen LogP contribution < -0.4 is 10.1 Å². The SMILES string of the molecule is O=C(O)CCc1ccc(Cn2cccn2)cc1OCC(=O)Nc1cccc2ccccc12. The highest BCUT2D eigenvalue weighted by Gasteiger charge is 2.12. The van der Waals surface area contributed by atoms with E-state index in [1.165, 1.54) is 0 Å². The molecule has 0 saturated carbocycles. The number of carboxylic acids is 1. The number of hydrogen-bond donors (Lipinski definition) is 2. The molecule has 1 heterocycles. The Labute approximate surface area is 185 Å². The number of aliphatic carboxylic acids is 1. The van der Waals surface area contributed by atoms with Gasteiger partial charge in [-0.2, -0.15) is 5.10 Å². The van der Waals surface area contributed by atoms with Crippen molar-refractivity contribution in [1.29, 1.82) is 0 Å². The molecule has 4 rings (SSSR count). The van der Waals surface area contributed by atoms with Gasteiger partial charge in [0.25, 0.3) is 5.91 Å². The van der Waals surface area contributed by atoms with Crippen LogP contribution in [0.5, 0.6) is 5.75 Å². The zero-order valence-corrected chi connectivity index (χ0v) is 17.4. The fourth-order valence-electron chi connectivity index (χ4n) is 3.52. The van der Waals surface area contributed by atoms with Crippen molar-refractivity contribution in [3.05, 3.63) is 90.3 Å². The summed E-state index contributed by atoms with van der Waals surface area (Å²) in [5, 5.41) is 18.1. The van der Waals surface area contributed by atoms with Crippen molar-refractivity contribution in [2.75, 3.05) is 11.9 Å². The summed E-state index contributed by atoms with van der Waals surface area (Å²) in [6.45, 7) is 0.360. The number of hydrogen-bond acceptors (Lipinski definition) is 4. The van der Waals surface area contributed by atoms with Gasteiger partial charge in [-0.25, -0.2) is 0 Å². The smallest absolute Gasteiger partial charge is 0.303 e. The largest absolute Gasteiger partial charge is 0.483 e. The highest BCUT2D eigenvalue weighted by atomic mass is 16.5. The Kier molecular flexibility index (Phi) is 6.46. The summed E-state index contributed by atoms with van der Waals surface area (Å²) in [5.74, 6) is -0.669. The topological polar surface area (TPSA) is 93.4 Å². The Bertz CT molecular complexity index is 1230. The van der Waals surface area contributed by atoms with Gasteiger partial charge in [0.15, 0.2) is 6.61 Å². The molecule has 3 aromatic carbocycles. The van der Waals surface area contributed by atoms with Crippen LogP contribution in [0.3, 0.4) is 0 Å². The maximum absolute atomic E-state index is 12.6. The molecule has 7 nitrogen and oxygen atoms in total. The first-order valence-corrected chi connectivity index (χ1v) is 10.3. The molecule has 0 bridgehead atoms. The lowest BCUT2D eigenvalue weighted by molar-refractivity contribution is -0.137. The zero-order chi connectivity index (χ0) is 22.3. The lowest BCUT2D eigenvalue weighted by atomic mass is 10.1. The number of nitrogens with zero attached hydrogens (tertiary/aromatic N) is 2. The van der Waals surface area contributed by atoms with E-state index in [1.54, 1.807) is 10.9 Å². The van der Waals surface area contributed by atoms with Crippen LogP contribution in [0.25, 0.3) is 10.8 Å². The number of carbonyl (C=O) groups excluding carboxylic acids is 1. The van der Waals surface area contributed by atoms with Crippen molar-refractivity contribution in [3.8, 4) is 5.75 Å². The fourth-order valence-corrected chi connectivity index (χ4v) is 3.52. The van der Waals surface area contributed by atoms with E-state index < -0.39 is 5.97 Å². The van der Waals surface area contributed by atoms with Gasteiger partial charge in [0.1, 0.15) is 5.75 Å². The van der Waals surface area contributed by atoms with Crippen LogP contribution >= 0.6 is 0 Å². The molecule has 4 aromatic rings. The average molecular weight is 429 g/mol. The lowest BCUT2D eigenvalue weighted by Gasteiger charge is -2.14. The molecule has 32 heavy (non-hydrogen) atoms. The molecule has 0 saturated heterocycles. The van der Waals surface area contributed by atoms with Crippen molar-refractivity contribution in [2.45, 2.75) is 19.4 Å². The molecule has 0 radical (unpaired) electrons. The number of carbonyl (C=O) groups is 2. The first-order chi connectivity index (χ1) is 15.6. The minimum atomic E-state index is -0.884. The van der Waals surface area contributed by atoms with Crippen LogP contribution in [0.4, 0.5) is 5.69 Å². The number of aromatic nitrogens is 2. The molecule has 0 aliphatic rings. The third-order valence-corrected chi connectivity index (χ3v) is 5.07. The number of carboxylic acid groups (broad SMARTS) is 1. The molecule has 0 spiro atoms. The molecule has 0 fully saturated rings. The second-order valence-electron chi connectivity index (χ2n) is 7.40. The van der Waals surface area contributed by atoms with Crippen molar-refractivity contribution in [1.82, 2.24) is 9.78 Å². The molecule has 2 N–H and O–H groups in total. The van der Waals surface area contributed by atoms with E-state index in [0.29, 0.717) is 18.7 Å². The van der Waals surface area contributed by atoms with Crippen molar-refractivity contribution < 1.29 is 19.4 Å². The van der Waals surface area contributed by atoms with E-state index in [4.69, 9.17) is 9.84 Å². The van der Waals surface area contributed by atoms with Crippen LogP contribution in [0.2, 0.25) is 0 Å². The minimum absolute atomic E-state index is 0.0168. The predicted molar refractivity (Wildman–Crippen MR) is 122 cm³/mol. The molecule has 1 aromatic heterocycles. The number of benzene rings is 3. The van der Waals surface area contributed by atoms with Crippen LogP contribution in [0.1, 0.15) is 17.5 Å². The molecule has 1 amide bonds. The number of aryl methyl sites for hydroxylation is 1. The standard InChI is InChI=1S/C25H23N3O4/c29-24(27-22-8-3-6-19-5-1-2-7-21(19)22)17-32-23-15-18(16-28-14-4-13-26-28)9-10-20(23)11-12-25(30)31/h1-10,13-15H,11-12,16-17H2,(H,27,29)(H,30,31). The molecule has 0 aliphatic carbocycles. The Morgan fingerprint density at radius 1 is 1.03 bits per heavy atom. The Morgan fingerprint density at radius 3 is 2.69 bits per heavy atom. The first-order valence-electron chi connectivity index (χ1n) is 10.3. The van der Waals surface area contributed by atoms with Gasteiger partial charge in [-0.1, -0.05) is 48.5 Å². The van der Waals surface area contributed by atoms with Crippen LogP contribution in [0.15, 0.2) is 79.1 Å². The third kappa shape index (κ3) is 5.31. The highest BCUT2D eigenvalue weighted by molar-refractivity contribution is 6.02. The Morgan fingerprint density at radius 2 is 1.88 bits per heavy atom. The summed E-state index contributed by atoms with van der Waals surface area (Å²) in [4.78, 5) is 23.6. The van der Waals surface area contributed by atoms with Gasteiger partial charge in [-0.15, -0.1) is 0 Å². The van der Waals surface area contributed by atoms with E-state index in [-0.39, 0.29) is 18.9 Å². The Hall–Kier alpha value is -4.13. The number of rotatable bonds is 9. The van der Waals surface area contributed by atoms with Gasteiger partial charge >= 0.3 is 5.97 Å². The van der Waals surface area contributed by atoms with Crippen LogP contribution in [-0.2, 0) is 22.6 Å². The van der Waals surface area contributed by atoms with Gasteiger partial charge in [0.05, 0.1) is 6.54 Å². The summed E-state index contributed by atoms with van der Waals surface area (Å²) in [6, 6.07) is 21.0. The minimum Gasteiger partial charge on any atom is -0.483 e. The molecule has 7 heteroatoms. The molecular weight excluding hydrogens is 406 g/mol.